The van der Waals surface area contributed by atoms with Gasteiger partial charge in [-0.3, -0.25) is 4.79 Å². The first-order valence-corrected chi connectivity index (χ1v) is 5.38. The number of hydrogen-bond acceptors (Lipinski definition) is 2. The Bertz CT molecular complexity index is 431. The third-order valence-corrected chi connectivity index (χ3v) is 2.77. The number of fused-ring (bicyclic) bond motifs is 1. The van der Waals surface area contributed by atoms with Crippen LogP contribution in [-0.2, 0) is 16.1 Å². The quantitative estimate of drug-likeness (QED) is 0.819. The van der Waals surface area contributed by atoms with Crippen LogP contribution in [-0.4, -0.2) is 12.5 Å². The van der Waals surface area contributed by atoms with Crippen LogP contribution in [0.15, 0.2) is 30.9 Å². The first-order chi connectivity index (χ1) is 7.70. The molecule has 16 heavy (non-hydrogen) atoms. The van der Waals surface area contributed by atoms with Crippen molar-refractivity contribution in [2.24, 2.45) is 0 Å². The van der Waals surface area contributed by atoms with Crippen molar-refractivity contribution in [2.75, 3.05) is 6.54 Å². The van der Waals surface area contributed by atoms with E-state index in [2.05, 4.69) is 11.9 Å². The molecule has 1 atom stereocenters. The molecule has 2 rings (SSSR count). The number of carbonyl (C=O) groups excluding carboxylic acids is 1. The fraction of sp³-hybridized carbons (Fsp3) is 0.250. The van der Waals surface area contributed by atoms with Crippen LogP contribution in [0.5, 0.6) is 0 Å². The molecule has 0 bridgehead atoms. The van der Waals surface area contributed by atoms with E-state index in [1.807, 2.05) is 18.2 Å². The Morgan fingerprint density at radius 1 is 1.69 bits per heavy atom. The molecule has 1 aromatic carbocycles. The lowest BCUT2D eigenvalue weighted by Gasteiger charge is -2.11. The van der Waals surface area contributed by atoms with Gasteiger partial charge in [-0.05, 0) is 29.3 Å². The second-order valence-electron chi connectivity index (χ2n) is 3.59. The molecule has 84 valence electrons. The van der Waals surface area contributed by atoms with Gasteiger partial charge in [-0.2, -0.15) is 0 Å². The number of halogens is 1. The highest BCUT2D eigenvalue weighted by atomic mass is 35.5. The molecule has 0 aromatic heterocycles. The van der Waals surface area contributed by atoms with E-state index in [1.165, 1.54) is 6.08 Å². The van der Waals surface area contributed by atoms with Crippen molar-refractivity contribution in [2.45, 2.75) is 12.7 Å². The van der Waals surface area contributed by atoms with Gasteiger partial charge in [-0.1, -0.05) is 24.2 Å². The van der Waals surface area contributed by atoms with Crippen LogP contribution in [0.2, 0.25) is 5.02 Å². The van der Waals surface area contributed by atoms with E-state index < -0.39 is 0 Å². The van der Waals surface area contributed by atoms with Gasteiger partial charge in [0.2, 0.25) is 5.91 Å². The van der Waals surface area contributed by atoms with Crippen molar-refractivity contribution in [1.29, 1.82) is 0 Å². The van der Waals surface area contributed by atoms with Crippen molar-refractivity contribution in [1.82, 2.24) is 5.32 Å². The molecule has 0 saturated carbocycles. The molecular weight excluding hydrogens is 226 g/mol. The van der Waals surface area contributed by atoms with Crippen LogP contribution >= 0.6 is 11.6 Å². The molecule has 1 aromatic rings. The summed E-state index contributed by atoms with van der Waals surface area (Å²) in [4.78, 5) is 11.0. The molecule has 3 nitrogen and oxygen atoms in total. The molecule has 1 unspecified atom stereocenters. The number of amides is 1. The fourth-order valence-electron chi connectivity index (χ4n) is 1.73. The van der Waals surface area contributed by atoms with Gasteiger partial charge >= 0.3 is 0 Å². The van der Waals surface area contributed by atoms with E-state index in [0.29, 0.717) is 18.2 Å². The summed E-state index contributed by atoms with van der Waals surface area (Å²) in [5.74, 6) is -0.189. The maximum absolute atomic E-state index is 11.0. The summed E-state index contributed by atoms with van der Waals surface area (Å²) in [6, 6.07) is 5.67. The third-order valence-electron chi connectivity index (χ3n) is 2.54. The molecule has 0 fully saturated rings. The number of hydrogen-bond donors (Lipinski definition) is 1. The normalized spacial score (nSPS) is 17.9. The van der Waals surface area contributed by atoms with Gasteiger partial charge in [0.25, 0.3) is 0 Å². The van der Waals surface area contributed by atoms with Gasteiger partial charge in [0.15, 0.2) is 0 Å². The molecule has 1 aliphatic rings. The number of nitrogens with one attached hydrogen (secondary N) is 1. The van der Waals surface area contributed by atoms with Crippen molar-refractivity contribution in [3.05, 3.63) is 47.0 Å². The predicted octanol–water partition coefficient (Wildman–Crippen LogP) is 2.21. The standard InChI is InChI=1S/C12H12ClNO2/c1-2-12(15)14-6-11-10-4-3-9(13)5-8(10)7-16-11/h2-5,11H,1,6-7H2,(H,14,15). The first-order valence-electron chi connectivity index (χ1n) is 5.01. The molecule has 4 heteroatoms. The van der Waals surface area contributed by atoms with Crippen LogP contribution in [0.4, 0.5) is 0 Å². The molecule has 1 N–H and O–H groups in total. The Hall–Kier alpha value is -1.32. The Kier molecular flexibility index (Phi) is 3.27. The van der Waals surface area contributed by atoms with E-state index in [1.54, 1.807) is 0 Å². The number of ether oxygens (including phenoxy) is 1. The van der Waals surface area contributed by atoms with Gasteiger partial charge in [-0.15, -0.1) is 0 Å². The highest BCUT2D eigenvalue weighted by molar-refractivity contribution is 6.30. The molecule has 1 aliphatic heterocycles. The Morgan fingerprint density at radius 2 is 2.50 bits per heavy atom. The zero-order valence-corrected chi connectivity index (χ0v) is 9.46. The lowest BCUT2D eigenvalue weighted by molar-refractivity contribution is -0.117. The summed E-state index contributed by atoms with van der Waals surface area (Å²) < 4.78 is 5.57. The second kappa shape index (κ2) is 4.68. The van der Waals surface area contributed by atoms with Crippen molar-refractivity contribution in [3.8, 4) is 0 Å². The van der Waals surface area contributed by atoms with Crippen molar-refractivity contribution in [3.63, 3.8) is 0 Å². The van der Waals surface area contributed by atoms with E-state index in [9.17, 15) is 4.79 Å². The Labute approximate surface area is 99.1 Å². The van der Waals surface area contributed by atoms with Crippen molar-refractivity contribution < 1.29 is 9.53 Å². The van der Waals surface area contributed by atoms with Gasteiger partial charge in [0, 0.05) is 11.6 Å². The minimum atomic E-state index is -0.189. The van der Waals surface area contributed by atoms with Crippen LogP contribution in [0, 0.1) is 0 Å². The van der Waals surface area contributed by atoms with Crippen LogP contribution < -0.4 is 5.32 Å². The molecule has 1 amide bonds. The topological polar surface area (TPSA) is 38.3 Å². The van der Waals surface area contributed by atoms with Crippen molar-refractivity contribution >= 4 is 17.5 Å². The second-order valence-corrected chi connectivity index (χ2v) is 4.03. The SMILES string of the molecule is C=CC(=O)NCC1OCc2cc(Cl)ccc21. The van der Waals surface area contributed by atoms with E-state index in [4.69, 9.17) is 16.3 Å². The maximum atomic E-state index is 11.0. The summed E-state index contributed by atoms with van der Waals surface area (Å²) in [7, 11) is 0. The predicted molar refractivity (Wildman–Crippen MR) is 62.2 cm³/mol. The lowest BCUT2D eigenvalue weighted by Crippen LogP contribution is -2.26. The minimum absolute atomic E-state index is 0.0869. The summed E-state index contributed by atoms with van der Waals surface area (Å²) in [5, 5.41) is 3.42. The molecule has 1 heterocycles. The Morgan fingerprint density at radius 3 is 3.25 bits per heavy atom. The zero-order chi connectivity index (χ0) is 11.5. The molecular formula is C12H12ClNO2. The highest BCUT2D eigenvalue weighted by Gasteiger charge is 2.23. The summed E-state index contributed by atoms with van der Waals surface area (Å²) >= 11 is 5.88. The first kappa shape index (κ1) is 11.2. The summed E-state index contributed by atoms with van der Waals surface area (Å²) in [6.07, 6.45) is 1.16. The summed E-state index contributed by atoms with van der Waals surface area (Å²) in [6.45, 7) is 4.40. The van der Waals surface area contributed by atoms with Crippen LogP contribution in [0.3, 0.4) is 0 Å². The van der Waals surface area contributed by atoms with Gasteiger partial charge in [0.05, 0.1) is 6.61 Å². The van der Waals surface area contributed by atoms with Gasteiger partial charge < -0.3 is 10.1 Å². The van der Waals surface area contributed by atoms with Crippen LogP contribution in [0.1, 0.15) is 17.2 Å². The zero-order valence-electron chi connectivity index (χ0n) is 8.70. The molecule has 0 radical (unpaired) electrons. The molecule has 0 aliphatic carbocycles. The third kappa shape index (κ3) is 2.26. The molecule has 0 saturated heterocycles. The monoisotopic (exact) mass is 237 g/mol. The Balaban J connectivity index is 2.06. The lowest BCUT2D eigenvalue weighted by atomic mass is 10.1. The van der Waals surface area contributed by atoms with E-state index in [0.717, 1.165) is 11.1 Å². The van der Waals surface area contributed by atoms with E-state index in [-0.39, 0.29) is 12.0 Å². The van der Waals surface area contributed by atoms with E-state index >= 15 is 0 Å². The minimum Gasteiger partial charge on any atom is -0.367 e. The average molecular weight is 238 g/mol. The largest absolute Gasteiger partial charge is 0.367 e. The smallest absolute Gasteiger partial charge is 0.243 e. The fourth-order valence-corrected chi connectivity index (χ4v) is 1.92. The van der Waals surface area contributed by atoms with Gasteiger partial charge in [-0.25, -0.2) is 0 Å². The number of benzene rings is 1. The van der Waals surface area contributed by atoms with Gasteiger partial charge in [0.1, 0.15) is 6.10 Å². The number of rotatable bonds is 3. The van der Waals surface area contributed by atoms with Crippen LogP contribution in [0.25, 0.3) is 0 Å². The average Bonchev–Trinajstić information content (AvgIpc) is 2.68. The maximum Gasteiger partial charge on any atom is 0.243 e. The molecule has 0 spiro atoms. The highest BCUT2D eigenvalue weighted by Crippen LogP contribution is 2.31. The number of carbonyl (C=O) groups is 1. The summed E-state index contributed by atoms with van der Waals surface area (Å²) in [5.41, 5.74) is 2.18.